The van der Waals surface area contributed by atoms with Crippen LogP contribution in [0.3, 0.4) is 0 Å². The average molecular weight is 685 g/mol. The zero-order valence-electron chi connectivity index (χ0n) is 22.6. The van der Waals surface area contributed by atoms with Crippen LogP contribution < -0.4 is 20.7 Å². The molecule has 0 aliphatic rings. The van der Waals surface area contributed by atoms with Gasteiger partial charge in [-0.3, -0.25) is 14.4 Å². The van der Waals surface area contributed by atoms with E-state index < -0.39 is 54.7 Å². The lowest BCUT2D eigenvalue weighted by Gasteiger charge is -2.26. The van der Waals surface area contributed by atoms with Gasteiger partial charge in [-0.1, -0.05) is 40.9 Å². The first-order valence-electron chi connectivity index (χ1n) is 12.4. The van der Waals surface area contributed by atoms with Crippen molar-refractivity contribution in [3.05, 3.63) is 86.1 Å². The van der Waals surface area contributed by atoms with Crippen LogP contribution in [0.2, 0.25) is 15.1 Å². The number of carbonyl (C=O) groups excluding carboxylic acids is 3. The van der Waals surface area contributed by atoms with E-state index in [-0.39, 0.29) is 48.9 Å². The third kappa shape index (κ3) is 8.48. The molecule has 0 aliphatic heterocycles. The Balaban J connectivity index is 1.88. The molecule has 0 atom stereocenters. The molecule has 16 heteroatoms. The minimum atomic E-state index is -4.83. The van der Waals surface area contributed by atoms with Gasteiger partial charge in [-0.15, -0.1) is 0 Å². The van der Waals surface area contributed by atoms with Gasteiger partial charge in [0.25, 0.3) is 18.2 Å². The van der Waals surface area contributed by atoms with Crippen LogP contribution in [0.25, 0.3) is 0 Å². The Kier molecular flexibility index (Phi) is 11.0. The van der Waals surface area contributed by atoms with E-state index in [1.807, 2.05) is 0 Å². The third-order valence-corrected chi connectivity index (χ3v) is 7.05. The lowest BCUT2D eigenvalue weighted by atomic mass is 9.91. The molecule has 0 aliphatic carbocycles. The molecule has 0 spiro atoms. The number of halogens is 9. The van der Waals surface area contributed by atoms with Crippen LogP contribution in [-0.4, -0.2) is 36.9 Å². The number of hydrogen-bond acceptors (Lipinski definition) is 4. The second-order valence-corrected chi connectivity index (χ2v) is 10.9. The van der Waals surface area contributed by atoms with Gasteiger partial charge in [-0.2, -0.15) is 13.2 Å². The quantitative estimate of drug-likeness (QED) is 0.188. The maximum absolute atomic E-state index is 13.7. The Labute approximate surface area is 261 Å². The van der Waals surface area contributed by atoms with Crippen molar-refractivity contribution in [1.82, 2.24) is 5.32 Å². The van der Waals surface area contributed by atoms with Crippen LogP contribution in [0.4, 0.5) is 37.7 Å². The SMILES string of the molecule is CC(C)(C(=O)NCc1ccc(Cl)c(C(=O)Nc2ccc(OCC(F)F)c(C(=O)Nc3cc(F)cc(Cl)c3)c2)c1Cl)C(F)(F)F. The number of alkyl halides is 5. The van der Waals surface area contributed by atoms with E-state index in [4.69, 9.17) is 39.5 Å². The summed E-state index contributed by atoms with van der Waals surface area (Å²) >= 11 is 18.3. The van der Waals surface area contributed by atoms with Crippen molar-refractivity contribution in [2.45, 2.75) is 33.0 Å². The predicted molar refractivity (Wildman–Crippen MR) is 153 cm³/mol. The van der Waals surface area contributed by atoms with Crippen molar-refractivity contribution >= 4 is 63.9 Å². The molecule has 0 radical (unpaired) electrons. The first kappa shape index (κ1) is 34.8. The molecule has 44 heavy (non-hydrogen) atoms. The summed E-state index contributed by atoms with van der Waals surface area (Å²) in [5.41, 5.74) is -3.40. The first-order chi connectivity index (χ1) is 20.4. The van der Waals surface area contributed by atoms with Crippen molar-refractivity contribution in [2.24, 2.45) is 5.41 Å². The molecule has 0 bridgehead atoms. The molecule has 0 aromatic heterocycles. The Hall–Kier alpha value is -3.68. The number of nitrogens with one attached hydrogen (secondary N) is 3. The number of hydrogen-bond donors (Lipinski definition) is 3. The van der Waals surface area contributed by atoms with Gasteiger partial charge in [0.2, 0.25) is 5.91 Å². The second-order valence-electron chi connectivity index (χ2n) is 9.68. The van der Waals surface area contributed by atoms with Gasteiger partial charge in [0, 0.05) is 22.9 Å². The standard InChI is InChI=1S/C28H22Cl3F6N3O4/c1-27(2,28(35,36)37)26(43)38-11-13-3-5-19(30)22(23(13)31)25(42)39-16-4-6-20(44-12-21(33)34)18(10-16)24(41)40-17-8-14(29)7-15(32)9-17/h3-10,21H,11-12H2,1-2H3,(H,38,43)(H,39,42)(H,40,41). The number of rotatable bonds is 10. The van der Waals surface area contributed by atoms with Crippen LogP contribution in [0, 0.1) is 11.2 Å². The van der Waals surface area contributed by atoms with Crippen molar-refractivity contribution < 1.29 is 45.5 Å². The molecule has 3 aromatic rings. The number of benzene rings is 3. The van der Waals surface area contributed by atoms with Gasteiger partial charge in [0.1, 0.15) is 23.6 Å². The summed E-state index contributed by atoms with van der Waals surface area (Å²) in [7, 11) is 0. The van der Waals surface area contributed by atoms with E-state index in [1.165, 1.54) is 24.3 Å². The smallest absolute Gasteiger partial charge is 0.402 e. The third-order valence-electron chi connectivity index (χ3n) is 6.08. The largest absolute Gasteiger partial charge is 0.487 e. The summed E-state index contributed by atoms with van der Waals surface area (Å²) in [5.74, 6) is -4.24. The van der Waals surface area contributed by atoms with Gasteiger partial charge < -0.3 is 20.7 Å². The van der Waals surface area contributed by atoms with Gasteiger partial charge >= 0.3 is 6.18 Å². The minimum absolute atomic E-state index is 0.0323. The van der Waals surface area contributed by atoms with Crippen LogP contribution in [0.5, 0.6) is 5.75 Å². The molecule has 7 nitrogen and oxygen atoms in total. The van der Waals surface area contributed by atoms with Gasteiger partial charge in [-0.25, -0.2) is 13.2 Å². The topological polar surface area (TPSA) is 96.5 Å². The van der Waals surface area contributed by atoms with Crippen LogP contribution in [0.15, 0.2) is 48.5 Å². The number of anilines is 2. The maximum Gasteiger partial charge on any atom is 0.402 e. The summed E-state index contributed by atoms with van der Waals surface area (Å²) in [4.78, 5) is 38.4. The van der Waals surface area contributed by atoms with E-state index in [1.54, 1.807) is 0 Å². The molecule has 3 amide bonds. The average Bonchev–Trinajstić information content (AvgIpc) is 2.90. The summed E-state index contributed by atoms with van der Waals surface area (Å²) in [6.45, 7) is -0.127. The van der Waals surface area contributed by atoms with Crippen molar-refractivity contribution in [3.63, 3.8) is 0 Å². The lowest BCUT2D eigenvalue weighted by molar-refractivity contribution is -0.211. The molecular weight excluding hydrogens is 663 g/mol. The molecule has 0 fully saturated rings. The van der Waals surface area contributed by atoms with E-state index >= 15 is 0 Å². The number of amides is 3. The summed E-state index contributed by atoms with van der Waals surface area (Å²) in [5, 5.41) is 6.46. The first-order valence-corrected chi connectivity index (χ1v) is 13.5. The van der Waals surface area contributed by atoms with E-state index in [0.717, 1.165) is 24.3 Å². The van der Waals surface area contributed by atoms with Crippen molar-refractivity contribution in [3.8, 4) is 5.75 Å². The fourth-order valence-electron chi connectivity index (χ4n) is 3.55. The number of carbonyl (C=O) groups is 3. The molecule has 236 valence electrons. The lowest BCUT2D eigenvalue weighted by Crippen LogP contribution is -2.46. The normalized spacial score (nSPS) is 11.7. The Morgan fingerprint density at radius 3 is 2.16 bits per heavy atom. The van der Waals surface area contributed by atoms with E-state index in [9.17, 15) is 40.7 Å². The van der Waals surface area contributed by atoms with Crippen molar-refractivity contribution in [1.29, 1.82) is 0 Å². The zero-order chi connectivity index (χ0) is 33.0. The van der Waals surface area contributed by atoms with E-state index in [2.05, 4.69) is 16.0 Å². The molecule has 0 unspecified atom stereocenters. The van der Waals surface area contributed by atoms with Crippen molar-refractivity contribution in [2.75, 3.05) is 17.2 Å². The molecule has 0 saturated carbocycles. The van der Waals surface area contributed by atoms with Gasteiger partial charge in [0.15, 0.2) is 0 Å². The maximum atomic E-state index is 13.7. The monoisotopic (exact) mass is 683 g/mol. The fraction of sp³-hybridized carbons (Fsp3) is 0.250. The van der Waals surface area contributed by atoms with E-state index in [0.29, 0.717) is 13.8 Å². The number of ether oxygens (including phenoxy) is 1. The summed E-state index contributed by atoms with van der Waals surface area (Å²) in [6.07, 6.45) is -7.71. The highest BCUT2D eigenvalue weighted by molar-refractivity contribution is 6.41. The molecule has 0 heterocycles. The summed E-state index contributed by atoms with van der Waals surface area (Å²) < 4.78 is 84.0. The highest BCUT2D eigenvalue weighted by Gasteiger charge is 2.52. The van der Waals surface area contributed by atoms with Gasteiger partial charge in [0.05, 0.1) is 21.2 Å². The molecular formula is C28H22Cl3F6N3O4. The Morgan fingerprint density at radius 2 is 1.55 bits per heavy atom. The zero-order valence-corrected chi connectivity index (χ0v) is 24.9. The van der Waals surface area contributed by atoms with Crippen LogP contribution >= 0.6 is 34.8 Å². The van der Waals surface area contributed by atoms with Gasteiger partial charge in [-0.05, 0) is 61.9 Å². The van der Waals surface area contributed by atoms with Crippen LogP contribution in [-0.2, 0) is 11.3 Å². The van der Waals surface area contributed by atoms with Crippen LogP contribution in [0.1, 0.15) is 40.1 Å². The molecule has 0 saturated heterocycles. The minimum Gasteiger partial charge on any atom is -0.487 e. The molecule has 3 aromatic carbocycles. The molecule has 3 rings (SSSR count). The predicted octanol–water partition coefficient (Wildman–Crippen LogP) is 8.14. The fourth-order valence-corrected chi connectivity index (χ4v) is 4.38. The highest BCUT2D eigenvalue weighted by Crippen LogP contribution is 2.38. The summed E-state index contributed by atoms with van der Waals surface area (Å²) in [6, 6.07) is 9.16. The Morgan fingerprint density at radius 1 is 0.886 bits per heavy atom. The highest BCUT2D eigenvalue weighted by atomic mass is 35.5. The Bertz CT molecular complexity index is 1560. The second kappa shape index (κ2) is 14.0. The molecule has 3 N–H and O–H groups in total.